The van der Waals surface area contributed by atoms with Crippen LogP contribution in [0.2, 0.25) is 0 Å². The number of amides is 1. The Morgan fingerprint density at radius 3 is 2.67 bits per heavy atom. The van der Waals surface area contributed by atoms with Crippen LogP contribution in [0.25, 0.3) is 0 Å². The van der Waals surface area contributed by atoms with Crippen LogP contribution in [0.15, 0.2) is 27.1 Å². The molecule has 0 unspecified atom stereocenters. The second-order valence-corrected chi connectivity index (χ2v) is 4.84. The predicted octanol–water partition coefficient (Wildman–Crippen LogP) is 2.28. The van der Waals surface area contributed by atoms with Crippen LogP contribution in [0.3, 0.4) is 0 Å². The molecule has 0 aliphatic carbocycles. The summed E-state index contributed by atoms with van der Waals surface area (Å²) in [4.78, 5) is 13.3. The van der Waals surface area contributed by atoms with Crippen molar-refractivity contribution in [3.63, 3.8) is 0 Å². The van der Waals surface area contributed by atoms with Gasteiger partial charge in [0.2, 0.25) is 0 Å². The quantitative estimate of drug-likeness (QED) is 0.919. The van der Waals surface area contributed by atoms with Crippen LogP contribution in [0.5, 0.6) is 0 Å². The molecule has 15 heavy (non-hydrogen) atoms. The molecule has 1 amide bonds. The maximum absolute atomic E-state index is 11.8. The highest BCUT2D eigenvalue weighted by Crippen LogP contribution is 2.22. The molecule has 82 valence electrons. The second kappa shape index (κ2) is 5.63. The van der Waals surface area contributed by atoms with Crippen LogP contribution >= 0.6 is 31.9 Å². The predicted molar refractivity (Wildman–Crippen MR) is 65.9 cm³/mol. The van der Waals surface area contributed by atoms with Crippen LogP contribution in [0.4, 0.5) is 0 Å². The Bertz CT molecular complexity index is 368. The molecular weight excluding hydrogens is 326 g/mol. The van der Waals surface area contributed by atoms with Crippen molar-refractivity contribution in [3.05, 3.63) is 32.7 Å². The summed E-state index contributed by atoms with van der Waals surface area (Å²) in [6, 6.07) is 5.37. The van der Waals surface area contributed by atoms with E-state index in [1.165, 1.54) is 4.90 Å². The number of aliphatic hydroxyl groups excluding tert-OH is 1. The first kappa shape index (κ1) is 12.7. The van der Waals surface area contributed by atoms with Crippen LogP contribution in [0.1, 0.15) is 10.4 Å². The van der Waals surface area contributed by atoms with Gasteiger partial charge >= 0.3 is 0 Å². The van der Waals surface area contributed by atoms with Gasteiger partial charge in [-0.2, -0.15) is 0 Å². The van der Waals surface area contributed by atoms with Gasteiger partial charge in [0.25, 0.3) is 5.91 Å². The molecule has 0 radical (unpaired) electrons. The Kier molecular flexibility index (Phi) is 4.76. The average molecular weight is 337 g/mol. The molecule has 1 rings (SSSR count). The van der Waals surface area contributed by atoms with Crippen molar-refractivity contribution in [1.29, 1.82) is 0 Å². The number of carbonyl (C=O) groups excluding carboxylic acids is 1. The number of rotatable bonds is 3. The average Bonchev–Trinajstić information content (AvgIpc) is 2.17. The molecule has 0 heterocycles. The maximum atomic E-state index is 11.8. The molecule has 1 aromatic carbocycles. The number of aliphatic hydroxyl groups is 1. The van der Waals surface area contributed by atoms with Gasteiger partial charge in [0.05, 0.1) is 12.2 Å². The fraction of sp³-hybridized carbons (Fsp3) is 0.300. The van der Waals surface area contributed by atoms with E-state index in [1.54, 1.807) is 13.1 Å². The molecule has 1 aromatic rings. The van der Waals surface area contributed by atoms with Gasteiger partial charge < -0.3 is 10.0 Å². The molecule has 0 saturated carbocycles. The summed E-state index contributed by atoms with van der Waals surface area (Å²) in [5.74, 6) is -0.108. The van der Waals surface area contributed by atoms with Gasteiger partial charge in [-0.15, -0.1) is 0 Å². The largest absolute Gasteiger partial charge is 0.395 e. The van der Waals surface area contributed by atoms with Crippen molar-refractivity contribution in [3.8, 4) is 0 Å². The van der Waals surface area contributed by atoms with E-state index in [9.17, 15) is 4.79 Å². The van der Waals surface area contributed by atoms with E-state index < -0.39 is 0 Å². The Morgan fingerprint density at radius 2 is 2.13 bits per heavy atom. The Hall–Kier alpha value is -0.390. The van der Waals surface area contributed by atoms with Crippen molar-refractivity contribution in [2.45, 2.75) is 0 Å². The van der Waals surface area contributed by atoms with Crippen molar-refractivity contribution in [1.82, 2.24) is 4.90 Å². The summed E-state index contributed by atoms with van der Waals surface area (Å²) in [7, 11) is 1.66. The van der Waals surface area contributed by atoms with Gasteiger partial charge in [0, 0.05) is 22.5 Å². The van der Waals surface area contributed by atoms with Gasteiger partial charge in [0.15, 0.2) is 0 Å². The Morgan fingerprint density at radius 1 is 1.47 bits per heavy atom. The molecule has 0 fully saturated rings. The Balaban J connectivity index is 2.91. The summed E-state index contributed by atoms with van der Waals surface area (Å²) in [6.07, 6.45) is 0. The zero-order valence-electron chi connectivity index (χ0n) is 8.20. The highest BCUT2D eigenvalue weighted by molar-refractivity contribution is 9.11. The fourth-order valence-corrected chi connectivity index (χ4v) is 2.34. The van der Waals surface area contributed by atoms with Crippen LogP contribution < -0.4 is 0 Å². The highest BCUT2D eigenvalue weighted by atomic mass is 79.9. The minimum absolute atomic E-state index is 0.0314. The molecule has 0 spiro atoms. The topological polar surface area (TPSA) is 40.5 Å². The van der Waals surface area contributed by atoms with Gasteiger partial charge in [0.1, 0.15) is 0 Å². The fourth-order valence-electron chi connectivity index (χ4n) is 1.12. The first-order chi connectivity index (χ1) is 7.06. The number of carbonyl (C=O) groups is 1. The third-order valence-corrected chi connectivity index (χ3v) is 3.09. The lowest BCUT2D eigenvalue weighted by Crippen LogP contribution is -2.29. The van der Waals surface area contributed by atoms with Gasteiger partial charge in [-0.3, -0.25) is 4.79 Å². The molecule has 3 nitrogen and oxygen atoms in total. The number of halogens is 2. The lowest BCUT2D eigenvalue weighted by atomic mass is 10.2. The standard InChI is InChI=1S/C10H11Br2NO2/c1-13(4-5-14)10(15)8-3-2-7(11)6-9(8)12/h2-3,6,14H,4-5H2,1H3. The van der Waals surface area contributed by atoms with E-state index in [0.717, 1.165) is 8.95 Å². The van der Waals surface area contributed by atoms with Crippen molar-refractivity contribution < 1.29 is 9.90 Å². The molecule has 0 bridgehead atoms. The lowest BCUT2D eigenvalue weighted by Gasteiger charge is -2.16. The molecule has 0 saturated heterocycles. The summed E-state index contributed by atoms with van der Waals surface area (Å²) >= 11 is 6.65. The highest BCUT2D eigenvalue weighted by Gasteiger charge is 2.14. The molecule has 0 aromatic heterocycles. The van der Waals surface area contributed by atoms with Gasteiger partial charge in [-0.1, -0.05) is 15.9 Å². The zero-order chi connectivity index (χ0) is 11.4. The first-order valence-electron chi connectivity index (χ1n) is 4.37. The van der Waals surface area contributed by atoms with E-state index in [2.05, 4.69) is 31.9 Å². The monoisotopic (exact) mass is 335 g/mol. The van der Waals surface area contributed by atoms with Crippen molar-refractivity contribution >= 4 is 37.8 Å². The summed E-state index contributed by atoms with van der Waals surface area (Å²) in [5, 5.41) is 8.73. The van der Waals surface area contributed by atoms with Crippen molar-refractivity contribution in [2.24, 2.45) is 0 Å². The zero-order valence-corrected chi connectivity index (χ0v) is 11.4. The van der Waals surface area contributed by atoms with Crippen molar-refractivity contribution in [2.75, 3.05) is 20.2 Å². The van der Waals surface area contributed by atoms with E-state index in [0.29, 0.717) is 12.1 Å². The SMILES string of the molecule is CN(CCO)C(=O)c1ccc(Br)cc1Br. The molecular formula is C10H11Br2NO2. The molecule has 0 aliphatic rings. The van der Waals surface area contributed by atoms with E-state index >= 15 is 0 Å². The third kappa shape index (κ3) is 3.29. The Labute approximate surface area is 105 Å². The summed E-state index contributed by atoms with van der Waals surface area (Å²) in [6.45, 7) is 0.303. The second-order valence-electron chi connectivity index (χ2n) is 3.07. The summed E-state index contributed by atoms with van der Waals surface area (Å²) in [5.41, 5.74) is 0.592. The van der Waals surface area contributed by atoms with E-state index in [-0.39, 0.29) is 12.5 Å². The molecule has 0 atom stereocenters. The number of hydrogen-bond donors (Lipinski definition) is 1. The smallest absolute Gasteiger partial charge is 0.254 e. The third-order valence-electron chi connectivity index (χ3n) is 1.94. The molecule has 0 aliphatic heterocycles. The number of hydrogen-bond acceptors (Lipinski definition) is 2. The molecule has 5 heteroatoms. The number of benzene rings is 1. The van der Waals surface area contributed by atoms with Gasteiger partial charge in [-0.25, -0.2) is 0 Å². The van der Waals surface area contributed by atoms with Gasteiger partial charge in [-0.05, 0) is 34.1 Å². The molecule has 1 N–H and O–H groups in total. The van der Waals surface area contributed by atoms with E-state index in [4.69, 9.17) is 5.11 Å². The van der Waals surface area contributed by atoms with Crippen LogP contribution in [-0.2, 0) is 0 Å². The van der Waals surface area contributed by atoms with Crippen LogP contribution in [0, 0.1) is 0 Å². The maximum Gasteiger partial charge on any atom is 0.254 e. The summed E-state index contributed by atoms with van der Waals surface area (Å²) < 4.78 is 1.66. The van der Waals surface area contributed by atoms with E-state index in [1.807, 2.05) is 12.1 Å². The minimum Gasteiger partial charge on any atom is -0.395 e. The van der Waals surface area contributed by atoms with Crippen LogP contribution in [-0.4, -0.2) is 36.1 Å². The minimum atomic E-state index is -0.108. The number of nitrogens with zero attached hydrogens (tertiary/aromatic N) is 1. The number of likely N-dealkylation sites (N-methyl/N-ethyl adjacent to an activating group) is 1. The lowest BCUT2D eigenvalue weighted by molar-refractivity contribution is 0.0766. The normalized spacial score (nSPS) is 10.1. The first-order valence-corrected chi connectivity index (χ1v) is 5.96.